The van der Waals surface area contributed by atoms with E-state index in [-0.39, 0.29) is 5.91 Å². The van der Waals surface area contributed by atoms with Crippen LogP contribution >= 0.6 is 11.3 Å². The second kappa shape index (κ2) is 6.60. The van der Waals surface area contributed by atoms with Crippen LogP contribution in [0.25, 0.3) is 0 Å². The number of anilines is 1. The topological polar surface area (TPSA) is 48.5 Å². The Morgan fingerprint density at radius 2 is 2.00 bits per heavy atom. The number of fused-ring (bicyclic) bond motifs is 3. The van der Waals surface area contributed by atoms with E-state index in [2.05, 4.69) is 23.2 Å². The van der Waals surface area contributed by atoms with Gasteiger partial charge in [-0.2, -0.15) is 0 Å². The molecule has 6 heteroatoms. The van der Waals surface area contributed by atoms with Crippen LogP contribution in [0.1, 0.15) is 44.9 Å². The molecule has 5 nitrogen and oxygen atoms in total. The number of nitrogens with zero attached hydrogens (tertiary/aromatic N) is 3. The molecule has 2 saturated heterocycles. The molecule has 2 atom stereocenters. The fourth-order valence-electron chi connectivity index (χ4n) is 4.78. The van der Waals surface area contributed by atoms with Crippen LogP contribution in [0.2, 0.25) is 0 Å². The van der Waals surface area contributed by atoms with Crippen LogP contribution in [0.4, 0.5) is 5.13 Å². The molecule has 1 aromatic carbocycles. The van der Waals surface area contributed by atoms with Gasteiger partial charge in [0.15, 0.2) is 5.13 Å². The van der Waals surface area contributed by atoms with Crippen LogP contribution in [0.5, 0.6) is 0 Å². The van der Waals surface area contributed by atoms with Gasteiger partial charge in [0.1, 0.15) is 0 Å². The summed E-state index contributed by atoms with van der Waals surface area (Å²) in [6.45, 7) is 7.69. The number of aryl methyl sites for hydroxylation is 2. The molecule has 0 radical (unpaired) electrons. The average Bonchev–Trinajstić information content (AvgIpc) is 3.17. The molecule has 1 amide bonds. The third kappa shape index (κ3) is 2.95. The number of thiazole rings is 1. The van der Waals surface area contributed by atoms with E-state index in [1.165, 1.54) is 34.1 Å². The van der Waals surface area contributed by atoms with Gasteiger partial charge in [-0.25, -0.2) is 4.98 Å². The molecule has 2 bridgehead atoms. The Morgan fingerprint density at radius 3 is 2.74 bits per heavy atom. The highest BCUT2D eigenvalue weighted by molar-refractivity contribution is 7.15. The van der Waals surface area contributed by atoms with Crippen molar-refractivity contribution in [2.45, 2.75) is 51.7 Å². The van der Waals surface area contributed by atoms with Crippen molar-refractivity contribution in [3.8, 4) is 0 Å². The molecular formula is C21H26N4OS. The predicted octanol–water partition coefficient (Wildman–Crippen LogP) is 2.90. The van der Waals surface area contributed by atoms with Crippen molar-refractivity contribution in [3.63, 3.8) is 0 Å². The summed E-state index contributed by atoms with van der Waals surface area (Å²) in [6, 6.07) is 7.27. The zero-order valence-electron chi connectivity index (χ0n) is 16.0. The van der Waals surface area contributed by atoms with Gasteiger partial charge in [-0.3, -0.25) is 4.79 Å². The smallest absolute Gasteiger partial charge is 0.254 e. The molecule has 1 N–H and O–H groups in total. The number of carbonyl (C=O) groups excluding carboxylic acids is 1. The molecule has 2 aromatic rings. The van der Waals surface area contributed by atoms with Gasteiger partial charge in [0, 0.05) is 48.6 Å². The third-order valence-corrected chi connectivity index (χ3v) is 7.32. The summed E-state index contributed by atoms with van der Waals surface area (Å²) in [5.41, 5.74) is 4.29. The average molecular weight is 383 g/mol. The normalized spacial score (nSPS) is 24.2. The number of nitrogens with one attached hydrogen (secondary N) is 1. The first-order valence-electron chi connectivity index (χ1n) is 9.94. The molecule has 4 heterocycles. The van der Waals surface area contributed by atoms with Gasteiger partial charge in [0.25, 0.3) is 5.91 Å². The number of hydrogen-bond donors (Lipinski definition) is 1. The number of carbonyl (C=O) groups is 1. The van der Waals surface area contributed by atoms with E-state index >= 15 is 0 Å². The van der Waals surface area contributed by atoms with Crippen LogP contribution in [-0.2, 0) is 13.0 Å². The molecule has 0 spiro atoms. The van der Waals surface area contributed by atoms with Crippen molar-refractivity contribution in [1.29, 1.82) is 0 Å². The molecule has 0 saturated carbocycles. The van der Waals surface area contributed by atoms with Crippen molar-refractivity contribution in [2.24, 2.45) is 0 Å². The van der Waals surface area contributed by atoms with Crippen LogP contribution in [0, 0.1) is 13.8 Å². The first kappa shape index (κ1) is 17.2. The van der Waals surface area contributed by atoms with E-state index in [1.807, 2.05) is 24.0 Å². The Labute approximate surface area is 164 Å². The van der Waals surface area contributed by atoms with Gasteiger partial charge < -0.3 is 15.1 Å². The van der Waals surface area contributed by atoms with Crippen LogP contribution < -0.4 is 10.2 Å². The number of piperazine rings is 1. The SMILES string of the molecule is Cc1ccc(C(=O)N2CCc3nc(N4C5CCC4CNC5)sc3C2)c(C)c1. The van der Waals surface area contributed by atoms with E-state index in [4.69, 9.17) is 4.98 Å². The Kier molecular flexibility index (Phi) is 4.20. The third-order valence-electron chi connectivity index (χ3n) is 6.22. The van der Waals surface area contributed by atoms with Crippen molar-refractivity contribution >= 4 is 22.4 Å². The molecule has 3 aliphatic rings. The molecule has 0 aliphatic carbocycles. The van der Waals surface area contributed by atoms with Crippen molar-refractivity contribution in [1.82, 2.24) is 15.2 Å². The minimum absolute atomic E-state index is 0.148. The Morgan fingerprint density at radius 1 is 1.22 bits per heavy atom. The molecule has 1 aromatic heterocycles. The summed E-state index contributed by atoms with van der Waals surface area (Å²) in [7, 11) is 0. The number of hydrogen-bond acceptors (Lipinski definition) is 5. The number of aromatic nitrogens is 1. The minimum Gasteiger partial charge on any atom is -0.340 e. The first-order valence-corrected chi connectivity index (χ1v) is 10.8. The molecule has 5 rings (SSSR count). The molecule has 2 fully saturated rings. The van der Waals surface area contributed by atoms with E-state index in [1.54, 1.807) is 11.3 Å². The fraction of sp³-hybridized carbons (Fsp3) is 0.524. The maximum Gasteiger partial charge on any atom is 0.254 e. The highest BCUT2D eigenvalue weighted by Gasteiger charge is 2.39. The molecule has 2 unspecified atom stereocenters. The van der Waals surface area contributed by atoms with Crippen LogP contribution in [0.3, 0.4) is 0 Å². The standard InChI is InChI=1S/C21H26N4OS/c1-13-3-6-17(14(2)9-13)20(26)24-8-7-18-19(12-24)27-21(23-18)25-15-4-5-16(25)11-22-10-15/h3,6,9,15-16,22H,4-5,7-8,10-12H2,1-2H3. The summed E-state index contributed by atoms with van der Waals surface area (Å²) >= 11 is 1.81. The van der Waals surface area contributed by atoms with E-state index in [0.717, 1.165) is 37.2 Å². The van der Waals surface area contributed by atoms with Gasteiger partial charge in [-0.05, 0) is 38.3 Å². The largest absolute Gasteiger partial charge is 0.340 e. The quantitative estimate of drug-likeness (QED) is 0.868. The molecular weight excluding hydrogens is 356 g/mol. The zero-order valence-corrected chi connectivity index (χ0v) is 16.8. The molecule has 27 heavy (non-hydrogen) atoms. The second-order valence-electron chi connectivity index (χ2n) is 8.11. The van der Waals surface area contributed by atoms with Gasteiger partial charge in [0.2, 0.25) is 0 Å². The highest BCUT2D eigenvalue weighted by Crippen LogP contribution is 2.38. The van der Waals surface area contributed by atoms with E-state index in [9.17, 15) is 4.79 Å². The summed E-state index contributed by atoms with van der Waals surface area (Å²) in [5.74, 6) is 0.148. The Hall–Kier alpha value is -1.92. The lowest BCUT2D eigenvalue weighted by molar-refractivity contribution is 0.0735. The lowest BCUT2D eigenvalue weighted by atomic mass is 10.0. The Balaban J connectivity index is 1.37. The summed E-state index contributed by atoms with van der Waals surface area (Å²) in [6.07, 6.45) is 3.39. The van der Waals surface area contributed by atoms with Gasteiger partial charge in [0.05, 0.1) is 12.2 Å². The Bertz CT molecular complexity index is 876. The number of benzene rings is 1. The van der Waals surface area contributed by atoms with Crippen LogP contribution in [-0.4, -0.2) is 47.5 Å². The second-order valence-corrected chi connectivity index (χ2v) is 9.17. The summed E-state index contributed by atoms with van der Waals surface area (Å²) in [4.78, 5) is 23.9. The van der Waals surface area contributed by atoms with Crippen molar-refractivity contribution in [2.75, 3.05) is 24.5 Å². The maximum atomic E-state index is 13.1. The monoisotopic (exact) mass is 382 g/mol. The highest BCUT2D eigenvalue weighted by atomic mass is 32.1. The fourth-order valence-corrected chi connectivity index (χ4v) is 6.05. The van der Waals surface area contributed by atoms with Gasteiger partial charge in [-0.1, -0.05) is 29.0 Å². The van der Waals surface area contributed by atoms with Gasteiger partial charge >= 0.3 is 0 Å². The van der Waals surface area contributed by atoms with E-state index < -0.39 is 0 Å². The molecule has 142 valence electrons. The summed E-state index contributed by atoms with van der Waals surface area (Å²) in [5, 5.41) is 4.72. The van der Waals surface area contributed by atoms with Crippen molar-refractivity contribution < 1.29 is 4.79 Å². The lowest BCUT2D eigenvalue weighted by Crippen LogP contribution is -2.51. The van der Waals surface area contributed by atoms with Crippen LogP contribution in [0.15, 0.2) is 18.2 Å². The van der Waals surface area contributed by atoms with Crippen molar-refractivity contribution in [3.05, 3.63) is 45.5 Å². The minimum atomic E-state index is 0.148. The molecule has 3 aliphatic heterocycles. The lowest BCUT2D eigenvalue weighted by Gasteiger charge is -2.35. The first-order chi connectivity index (χ1) is 13.1. The predicted molar refractivity (Wildman–Crippen MR) is 109 cm³/mol. The van der Waals surface area contributed by atoms with Gasteiger partial charge in [-0.15, -0.1) is 0 Å². The zero-order chi connectivity index (χ0) is 18.5. The maximum absolute atomic E-state index is 13.1. The van der Waals surface area contributed by atoms with E-state index in [0.29, 0.717) is 18.6 Å². The number of amides is 1. The number of rotatable bonds is 2. The summed E-state index contributed by atoms with van der Waals surface area (Å²) < 4.78 is 0.